The van der Waals surface area contributed by atoms with Crippen LogP contribution in [0.3, 0.4) is 0 Å². The molecule has 0 radical (unpaired) electrons. The summed E-state index contributed by atoms with van der Waals surface area (Å²) in [7, 11) is 0. The van der Waals surface area contributed by atoms with E-state index < -0.39 is 0 Å². The van der Waals surface area contributed by atoms with E-state index in [2.05, 4.69) is 35.8 Å². The van der Waals surface area contributed by atoms with Gasteiger partial charge in [0.25, 0.3) is 0 Å². The summed E-state index contributed by atoms with van der Waals surface area (Å²) in [6, 6.07) is 0. The van der Waals surface area contributed by atoms with Crippen LogP contribution in [0.15, 0.2) is 37.0 Å². The first-order valence-corrected chi connectivity index (χ1v) is 7.53. The molecule has 5 atom stereocenters. The summed E-state index contributed by atoms with van der Waals surface area (Å²) >= 11 is 0. The number of rotatable bonds is 2. The van der Waals surface area contributed by atoms with Crippen LogP contribution in [0.2, 0.25) is 0 Å². The Hall–Kier alpha value is -1.31. The van der Waals surface area contributed by atoms with Crippen molar-refractivity contribution in [1.82, 2.24) is 4.90 Å². The number of hydrogen-bond donors (Lipinski definition) is 0. The third-order valence-corrected chi connectivity index (χ3v) is 5.82. The molecule has 2 bridgehead atoms. The highest BCUT2D eigenvalue weighted by Gasteiger charge is 2.64. The third kappa shape index (κ3) is 1.30. The first kappa shape index (κ1) is 11.5. The molecule has 0 aromatic carbocycles. The molecule has 4 rings (SSSR count). The summed E-state index contributed by atoms with van der Waals surface area (Å²) in [5.41, 5.74) is 0.0284. The van der Waals surface area contributed by atoms with Crippen LogP contribution in [-0.2, 0) is 4.79 Å². The molecular formula is C17H21NO. The van der Waals surface area contributed by atoms with Crippen molar-refractivity contribution < 1.29 is 4.79 Å². The molecule has 2 aliphatic heterocycles. The van der Waals surface area contributed by atoms with Gasteiger partial charge in [0.1, 0.15) is 0 Å². The minimum atomic E-state index is 0.0284. The minimum absolute atomic E-state index is 0.0284. The van der Waals surface area contributed by atoms with Gasteiger partial charge in [0.2, 0.25) is 5.91 Å². The maximum atomic E-state index is 12.9. The zero-order valence-corrected chi connectivity index (χ0v) is 11.3. The predicted molar refractivity (Wildman–Crippen MR) is 75.3 cm³/mol. The molecule has 2 aliphatic carbocycles. The van der Waals surface area contributed by atoms with Gasteiger partial charge in [-0.1, -0.05) is 30.4 Å². The summed E-state index contributed by atoms with van der Waals surface area (Å²) in [4.78, 5) is 15.1. The van der Waals surface area contributed by atoms with Gasteiger partial charge < -0.3 is 4.90 Å². The molecule has 19 heavy (non-hydrogen) atoms. The monoisotopic (exact) mass is 255 g/mol. The zero-order chi connectivity index (χ0) is 13.0. The summed E-state index contributed by atoms with van der Waals surface area (Å²) in [5, 5.41) is 0. The molecule has 2 heteroatoms. The van der Waals surface area contributed by atoms with E-state index in [0.717, 1.165) is 25.8 Å². The number of amides is 1. The predicted octanol–water partition coefficient (Wildman–Crippen LogP) is 2.93. The Labute approximate surface area is 114 Å². The Balaban J connectivity index is 1.83. The molecule has 0 spiro atoms. The van der Waals surface area contributed by atoms with Gasteiger partial charge in [-0.2, -0.15) is 0 Å². The Bertz CT molecular complexity index is 491. The standard InChI is InChI=1S/C17H21NO/c1-2-8-17-9-4-3-5-10-18(17)16(19)14-12-6-7-13(11-12)15(14)17/h2-4,6-7,12-15H,1,5,8-11H2/t12-,13+,14-,15+,17+/m1/s1. The van der Waals surface area contributed by atoms with Crippen LogP contribution < -0.4 is 0 Å². The van der Waals surface area contributed by atoms with Crippen LogP contribution in [0.5, 0.6) is 0 Å². The van der Waals surface area contributed by atoms with Crippen LogP contribution >= 0.6 is 0 Å². The maximum absolute atomic E-state index is 12.9. The quantitative estimate of drug-likeness (QED) is 0.695. The Morgan fingerprint density at radius 1 is 1.37 bits per heavy atom. The molecule has 2 fully saturated rings. The van der Waals surface area contributed by atoms with Gasteiger partial charge in [-0.05, 0) is 37.5 Å². The van der Waals surface area contributed by atoms with Crippen molar-refractivity contribution in [3.8, 4) is 0 Å². The average molecular weight is 255 g/mol. The number of fused-ring (bicyclic) bond motifs is 7. The van der Waals surface area contributed by atoms with Gasteiger partial charge >= 0.3 is 0 Å². The van der Waals surface area contributed by atoms with Crippen LogP contribution in [0.25, 0.3) is 0 Å². The van der Waals surface area contributed by atoms with E-state index in [4.69, 9.17) is 0 Å². The van der Waals surface area contributed by atoms with Gasteiger partial charge in [0.05, 0.1) is 11.5 Å². The highest BCUT2D eigenvalue weighted by atomic mass is 16.2. The number of carbonyl (C=O) groups excluding carboxylic acids is 1. The van der Waals surface area contributed by atoms with Crippen molar-refractivity contribution >= 4 is 5.91 Å². The summed E-state index contributed by atoms with van der Waals surface area (Å²) < 4.78 is 0. The first-order valence-electron chi connectivity index (χ1n) is 7.53. The molecular weight excluding hydrogens is 234 g/mol. The van der Waals surface area contributed by atoms with Crippen molar-refractivity contribution in [3.05, 3.63) is 37.0 Å². The topological polar surface area (TPSA) is 20.3 Å². The second-order valence-corrected chi connectivity index (χ2v) is 6.55. The van der Waals surface area contributed by atoms with E-state index in [1.54, 1.807) is 0 Å². The molecule has 0 aromatic rings. The molecule has 1 amide bonds. The lowest BCUT2D eigenvalue weighted by Crippen LogP contribution is -2.49. The molecule has 0 aromatic heterocycles. The highest BCUT2D eigenvalue weighted by Crippen LogP contribution is 2.60. The fourth-order valence-corrected chi connectivity index (χ4v) is 5.24. The van der Waals surface area contributed by atoms with Gasteiger partial charge in [-0.25, -0.2) is 0 Å². The number of allylic oxidation sites excluding steroid dienone is 2. The van der Waals surface area contributed by atoms with Gasteiger partial charge in [-0.3, -0.25) is 4.79 Å². The van der Waals surface area contributed by atoms with Crippen LogP contribution in [0, 0.1) is 23.7 Å². The first-order chi connectivity index (χ1) is 9.28. The molecule has 1 saturated carbocycles. The van der Waals surface area contributed by atoms with Crippen LogP contribution in [-0.4, -0.2) is 22.9 Å². The average Bonchev–Trinajstić information content (AvgIpc) is 3.02. The van der Waals surface area contributed by atoms with Crippen molar-refractivity contribution in [2.75, 3.05) is 6.54 Å². The van der Waals surface area contributed by atoms with Crippen molar-refractivity contribution in [1.29, 1.82) is 0 Å². The zero-order valence-electron chi connectivity index (χ0n) is 11.3. The normalized spacial score (nSPS) is 46.3. The van der Waals surface area contributed by atoms with E-state index in [0.29, 0.717) is 23.7 Å². The largest absolute Gasteiger partial charge is 0.335 e. The Morgan fingerprint density at radius 2 is 2.21 bits per heavy atom. The second-order valence-electron chi connectivity index (χ2n) is 6.55. The molecule has 100 valence electrons. The van der Waals surface area contributed by atoms with Crippen LogP contribution in [0.1, 0.15) is 25.7 Å². The SMILES string of the molecule is C=CC[C@@]12CC=CCCN1C(=O)[C@H]1[C@@H]2[C@H]2C=C[C@@H]1C2. The lowest BCUT2D eigenvalue weighted by atomic mass is 9.70. The smallest absolute Gasteiger partial charge is 0.227 e. The molecule has 4 aliphatic rings. The van der Waals surface area contributed by atoms with Gasteiger partial charge in [-0.15, -0.1) is 6.58 Å². The van der Waals surface area contributed by atoms with Crippen molar-refractivity contribution in [3.63, 3.8) is 0 Å². The third-order valence-electron chi connectivity index (χ3n) is 5.82. The van der Waals surface area contributed by atoms with E-state index in [9.17, 15) is 4.79 Å². The summed E-state index contributed by atoms with van der Waals surface area (Å²) in [5.74, 6) is 2.35. The number of carbonyl (C=O) groups is 1. The van der Waals surface area contributed by atoms with E-state index in [1.165, 1.54) is 6.42 Å². The lowest BCUT2D eigenvalue weighted by Gasteiger charge is -2.42. The number of hydrogen-bond acceptors (Lipinski definition) is 1. The van der Waals surface area contributed by atoms with Crippen LogP contribution in [0.4, 0.5) is 0 Å². The molecule has 1 saturated heterocycles. The second kappa shape index (κ2) is 3.84. The van der Waals surface area contributed by atoms with Gasteiger partial charge in [0.15, 0.2) is 0 Å². The fourth-order valence-electron chi connectivity index (χ4n) is 5.24. The van der Waals surface area contributed by atoms with E-state index in [1.807, 2.05) is 6.08 Å². The van der Waals surface area contributed by atoms with Crippen molar-refractivity contribution in [2.24, 2.45) is 23.7 Å². The Kier molecular flexibility index (Phi) is 2.33. The minimum Gasteiger partial charge on any atom is -0.335 e. The highest BCUT2D eigenvalue weighted by molar-refractivity contribution is 5.85. The van der Waals surface area contributed by atoms with Crippen molar-refractivity contribution in [2.45, 2.75) is 31.2 Å². The molecule has 2 heterocycles. The van der Waals surface area contributed by atoms with Gasteiger partial charge in [0, 0.05) is 12.5 Å². The van der Waals surface area contributed by atoms with E-state index >= 15 is 0 Å². The lowest BCUT2D eigenvalue weighted by molar-refractivity contribution is -0.134. The summed E-state index contributed by atoms with van der Waals surface area (Å²) in [6.07, 6.45) is 15.4. The molecule has 0 unspecified atom stereocenters. The maximum Gasteiger partial charge on any atom is 0.227 e. The number of nitrogens with zero attached hydrogens (tertiary/aromatic N) is 1. The Morgan fingerprint density at radius 3 is 3.05 bits per heavy atom. The molecule has 0 N–H and O–H groups in total. The summed E-state index contributed by atoms with van der Waals surface area (Å²) in [6.45, 7) is 4.86. The fraction of sp³-hybridized carbons (Fsp3) is 0.588. The van der Waals surface area contributed by atoms with E-state index in [-0.39, 0.29) is 11.5 Å². The molecule has 2 nitrogen and oxygen atoms in total.